The number of amides is 1. The van der Waals surface area contributed by atoms with E-state index in [1.807, 2.05) is 0 Å². The summed E-state index contributed by atoms with van der Waals surface area (Å²) in [7, 11) is 1.29. The molecule has 0 spiro atoms. The molecule has 0 fully saturated rings. The lowest BCUT2D eigenvalue weighted by Gasteiger charge is -2.14. The van der Waals surface area contributed by atoms with Gasteiger partial charge in [0, 0.05) is 29.5 Å². The molecule has 0 saturated heterocycles. The van der Waals surface area contributed by atoms with Gasteiger partial charge in [-0.15, -0.1) is 18.3 Å². The Morgan fingerprint density at radius 1 is 1.23 bits per heavy atom. The van der Waals surface area contributed by atoms with Crippen LogP contribution in [-0.2, 0) is 6.52 Å². The highest BCUT2D eigenvalue weighted by Gasteiger charge is 2.31. The molecule has 1 aromatic carbocycles. The monoisotopic (exact) mass is 491 g/mol. The van der Waals surface area contributed by atoms with E-state index in [0.717, 1.165) is 6.07 Å². The first-order valence-electron chi connectivity index (χ1n) is 10.5. The molecule has 1 unspecified atom stereocenters. The Hall–Kier alpha value is -4.42. The molecule has 9 nitrogen and oxygen atoms in total. The third kappa shape index (κ3) is 5.23. The summed E-state index contributed by atoms with van der Waals surface area (Å²) in [6, 6.07) is 7.01. The highest BCUT2D eigenvalue weighted by molar-refractivity contribution is 5.97. The fraction of sp³-hybridized carbons (Fsp3) is 0.182. The lowest BCUT2D eigenvalue weighted by molar-refractivity contribution is -0.274. The van der Waals surface area contributed by atoms with Crippen molar-refractivity contribution in [2.45, 2.75) is 19.8 Å². The maximum absolute atomic E-state index is 14.3. The highest BCUT2D eigenvalue weighted by atomic mass is 19.4. The minimum Gasteiger partial charge on any atom is -0.480 e. The summed E-state index contributed by atoms with van der Waals surface area (Å²) < 4.78 is 70.4. The average Bonchev–Trinajstić information content (AvgIpc) is 3.18. The van der Waals surface area contributed by atoms with E-state index in [-0.39, 0.29) is 17.4 Å². The summed E-state index contributed by atoms with van der Waals surface area (Å²) >= 11 is 0. The van der Waals surface area contributed by atoms with Gasteiger partial charge in [0.05, 0.1) is 8.48 Å². The largest absolute Gasteiger partial charge is 0.573 e. The number of rotatable bonds is 6. The van der Waals surface area contributed by atoms with Crippen LogP contribution in [0.3, 0.4) is 0 Å². The number of anilines is 1. The molecular formula is C22H18F4N6O3. The van der Waals surface area contributed by atoms with E-state index in [9.17, 15) is 22.4 Å². The molecule has 182 valence electrons. The minimum atomic E-state index is -5.01. The van der Waals surface area contributed by atoms with Crippen LogP contribution < -0.4 is 20.5 Å². The highest BCUT2D eigenvalue weighted by Crippen LogP contribution is 2.29. The first kappa shape index (κ1) is 22.4. The fourth-order valence-electron chi connectivity index (χ4n) is 3.31. The second-order valence-electron chi connectivity index (χ2n) is 7.22. The molecule has 0 aliphatic heterocycles. The van der Waals surface area contributed by atoms with Crippen molar-refractivity contribution in [3.05, 3.63) is 65.2 Å². The van der Waals surface area contributed by atoms with E-state index in [2.05, 4.69) is 25.1 Å². The van der Waals surface area contributed by atoms with E-state index in [1.54, 1.807) is 25.3 Å². The normalized spacial score (nSPS) is 12.8. The van der Waals surface area contributed by atoms with Gasteiger partial charge < -0.3 is 20.5 Å². The lowest BCUT2D eigenvalue weighted by Crippen LogP contribution is -2.24. The van der Waals surface area contributed by atoms with Gasteiger partial charge in [-0.3, -0.25) is 4.79 Å². The molecule has 3 N–H and O–H groups in total. The Morgan fingerprint density at radius 3 is 2.71 bits per heavy atom. The van der Waals surface area contributed by atoms with E-state index < -0.39 is 35.9 Å². The van der Waals surface area contributed by atoms with Crippen molar-refractivity contribution in [1.82, 2.24) is 24.9 Å². The SMILES string of the molecule is [2H]C(NC(=O)c1cc(-c2ccn3nc(N)nc3c2)c(C)nc1OC)c1cc(OC(F)(F)F)ccc1F. The Bertz CT molecular complexity index is 1460. The number of pyridine rings is 2. The summed E-state index contributed by atoms with van der Waals surface area (Å²) in [6.45, 7) is -0.0736. The van der Waals surface area contributed by atoms with Crippen LogP contribution in [0, 0.1) is 12.7 Å². The zero-order valence-electron chi connectivity index (χ0n) is 19.2. The van der Waals surface area contributed by atoms with Crippen molar-refractivity contribution in [1.29, 1.82) is 0 Å². The number of methoxy groups -OCH3 is 1. The van der Waals surface area contributed by atoms with Gasteiger partial charge in [-0.2, -0.15) is 4.98 Å². The Labute approximate surface area is 196 Å². The molecule has 0 radical (unpaired) electrons. The zero-order valence-corrected chi connectivity index (χ0v) is 18.2. The number of alkyl halides is 3. The molecule has 1 atom stereocenters. The van der Waals surface area contributed by atoms with Gasteiger partial charge in [0.25, 0.3) is 5.91 Å². The van der Waals surface area contributed by atoms with E-state index in [1.165, 1.54) is 17.7 Å². The number of nitrogen functional groups attached to an aromatic ring is 1. The van der Waals surface area contributed by atoms with Crippen molar-refractivity contribution in [2.24, 2.45) is 0 Å². The van der Waals surface area contributed by atoms with Gasteiger partial charge in [0.15, 0.2) is 5.65 Å². The average molecular weight is 491 g/mol. The molecule has 0 bridgehead atoms. The van der Waals surface area contributed by atoms with Crippen LogP contribution in [0.5, 0.6) is 11.6 Å². The van der Waals surface area contributed by atoms with Crippen LogP contribution in [-0.4, -0.2) is 39.0 Å². The van der Waals surface area contributed by atoms with Gasteiger partial charge in [-0.1, -0.05) is 0 Å². The number of nitrogens with one attached hydrogen (secondary N) is 1. The number of nitrogens with zero attached hydrogens (tertiary/aromatic N) is 4. The molecule has 1 amide bonds. The molecule has 4 rings (SSSR count). The molecule has 0 aliphatic carbocycles. The Kier molecular flexibility index (Phi) is 5.81. The van der Waals surface area contributed by atoms with Gasteiger partial charge >= 0.3 is 6.36 Å². The lowest BCUT2D eigenvalue weighted by atomic mass is 10.0. The molecule has 0 aliphatic rings. The number of ether oxygens (including phenoxy) is 2. The standard InChI is InChI=1S/C22H18F4N6O3/c1-11-15(12-5-6-32-18(8-12)30-21(27)31-32)9-16(20(29-11)34-2)19(33)28-10-13-7-14(3-4-17(13)23)35-22(24,25)26/h3-9H,10H2,1-2H3,(H2,27,31)(H,28,33)/i10D. The Morgan fingerprint density at radius 2 is 2.00 bits per heavy atom. The first-order valence-corrected chi connectivity index (χ1v) is 9.91. The second-order valence-corrected chi connectivity index (χ2v) is 7.22. The van der Waals surface area contributed by atoms with Crippen molar-refractivity contribution < 1.29 is 33.2 Å². The van der Waals surface area contributed by atoms with Gasteiger partial charge in [0.1, 0.15) is 17.1 Å². The summed E-state index contributed by atoms with van der Waals surface area (Å²) in [5.74, 6) is -2.58. The molecule has 35 heavy (non-hydrogen) atoms. The number of hydrogen-bond acceptors (Lipinski definition) is 7. The number of benzene rings is 1. The third-order valence-corrected chi connectivity index (χ3v) is 4.84. The van der Waals surface area contributed by atoms with Gasteiger partial charge in [0.2, 0.25) is 11.8 Å². The van der Waals surface area contributed by atoms with Crippen LogP contribution in [0.4, 0.5) is 23.5 Å². The molecule has 0 saturated carbocycles. The smallest absolute Gasteiger partial charge is 0.480 e. The van der Waals surface area contributed by atoms with Crippen molar-refractivity contribution in [2.75, 3.05) is 12.8 Å². The topological polar surface area (TPSA) is 117 Å². The zero-order chi connectivity index (χ0) is 26.2. The number of nitrogens with two attached hydrogens (primary N) is 1. The summed E-state index contributed by atoms with van der Waals surface area (Å²) in [6.07, 6.45) is -3.38. The maximum atomic E-state index is 14.3. The minimum absolute atomic E-state index is 0.0663. The molecule has 13 heteroatoms. The van der Waals surface area contributed by atoms with Gasteiger partial charge in [-0.05, 0) is 48.9 Å². The molecular weight excluding hydrogens is 472 g/mol. The van der Waals surface area contributed by atoms with Crippen LogP contribution in [0.15, 0.2) is 42.6 Å². The predicted molar refractivity (Wildman–Crippen MR) is 116 cm³/mol. The molecule has 4 aromatic rings. The maximum Gasteiger partial charge on any atom is 0.573 e. The number of aryl methyl sites for hydroxylation is 1. The summed E-state index contributed by atoms with van der Waals surface area (Å²) in [5.41, 5.74) is 7.12. The number of fused-ring (bicyclic) bond motifs is 1. The fourth-order valence-corrected chi connectivity index (χ4v) is 3.31. The van der Waals surface area contributed by atoms with E-state index in [0.29, 0.717) is 34.6 Å². The quantitative estimate of drug-likeness (QED) is 0.396. The van der Waals surface area contributed by atoms with Crippen LogP contribution in [0.1, 0.15) is 23.0 Å². The van der Waals surface area contributed by atoms with Crippen molar-refractivity contribution in [3.8, 4) is 22.8 Å². The summed E-state index contributed by atoms with van der Waals surface area (Å²) in [4.78, 5) is 21.4. The van der Waals surface area contributed by atoms with E-state index in [4.69, 9.17) is 11.8 Å². The second kappa shape index (κ2) is 9.08. The van der Waals surface area contributed by atoms with Gasteiger partial charge in [-0.25, -0.2) is 13.9 Å². The predicted octanol–water partition coefficient (Wildman–Crippen LogP) is 3.66. The molecule has 3 aromatic heterocycles. The summed E-state index contributed by atoms with van der Waals surface area (Å²) in [5, 5.41) is 6.24. The van der Waals surface area contributed by atoms with Crippen LogP contribution in [0.2, 0.25) is 0 Å². The van der Waals surface area contributed by atoms with Crippen LogP contribution >= 0.6 is 0 Å². The number of carbonyl (C=O) groups is 1. The number of carbonyl (C=O) groups excluding carboxylic acids is 1. The number of hydrogen-bond donors (Lipinski definition) is 2. The van der Waals surface area contributed by atoms with E-state index >= 15 is 0 Å². The van der Waals surface area contributed by atoms with Crippen molar-refractivity contribution in [3.63, 3.8) is 0 Å². The third-order valence-electron chi connectivity index (χ3n) is 4.84. The van der Waals surface area contributed by atoms with Crippen molar-refractivity contribution >= 4 is 17.5 Å². The number of halogens is 4. The van der Waals surface area contributed by atoms with Crippen LogP contribution in [0.25, 0.3) is 16.8 Å². The Balaban J connectivity index is 1.66. The molecule has 3 heterocycles. The number of aromatic nitrogens is 4. The first-order chi connectivity index (χ1) is 16.9.